The molecule has 7 amide bonds. The molecule has 0 spiro atoms. The first kappa shape index (κ1) is 117. The number of hydrazone groups is 1. The molecule has 3 aliphatic carbocycles. The summed E-state index contributed by atoms with van der Waals surface area (Å²) in [6, 6.07) is 14.0. The smallest absolute Gasteiger partial charge is 0.407 e. The van der Waals surface area contributed by atoms with Crippen LogP contribution in [0.25, 0.3) is 0 Å². The lowest BCUT2D eigenvalue weighted by molar-refractivity contribution is -0.245. The van der Waals surface area contributed by atoms with Gasteiger partial charge in [-0.25, -0.2) is 18.6 Å². The first-order valence-electron chi connectivity index (χ1n) is 47.9. The molecule has 1 fully saturated rings. The van der Waals surface area contributed by atoms with Crippen LogP contribution in [-0.2, 0) is 128 Å². The Labute approximate surface area is 833 Å². The Morgan fingerprint density at radius 2 is 1.11 bits per heavy atom. The summed E-state index contributed by atoms with van der Waals surface area (Å²) in [4.78, 5) is 186. The van der Waals surface area contributed by atoms with Gasteiger partial charge in [-0.2, -0.15) is 16.9 Å². The van der Waals surface area contributed by atoms with Crippen molar-refractivity contribution >= 4 is 110 Å². The fourth-order valence-corrected chi connectivity index (χ4v) is 20.7. The second-order valence-electron chi connectivity index (χ2n) is 36.8. The first-order valence-corrected chi connectivity index (χ1v) is 50.9. The van der Waals surface area contributed by atoms with Gasteiger partial charge in [0.25, 0.3) is 0 Å². The molecule has 15 unspecified atom stereocenters. The number of nitrogens with two attached hydrogens (primary N) is 2. The number of benzene rings is 4. The molecule has 15 atom stereocenters. The summed E-state index contributed by atoms with van der Waals surface area (Å²) in [5.41, 5.74) is 13.8. The zero-order valence-corrected chi connectivity index (χ0v) is 83.5. The molecule has 8 rings (SSSR count). The van der Waals surface area contributed by atoms with Gasteiger partial charge in [0.15, 0.2) is 27.7 Å². The predicted octanol–water partition coefficient (Wildman–Crippen LogP) is 2.97. The summed E-state index contributed by atoms with van der Waals surface area (Å²) >= 11 is 1.14. The van der Waals surface area contributed by atoms with Crippen LogP contribution in [0.3, 0.4) is 0 Å². The number of carboxylic acids is 4. The number of ether oxygens (including phenoxy) is 8. The number of hydrogen-bond donors (Lipinski definition) is 18. The number of phenols is 2. The van der Waals surface area contributed by atoms with E-state index in [2.05, 4.69) is 42.4 Å². The Hall–Kier alpha value is -11.2. The fourth-order valence-electron chi connectivity index (χ4n) is 17.9. The van der Waals surface area contributed by atoms with E-state index >= 15 is 4.79 Å². The number of aliphatic hydroxyl groups is 3. The number of carbonyl (C=O) groups excluding carboxylic acids is 10. The molecule has 0 radical (unpaired) electrons. The Morgan fingerprint density at radius 3 is 1.64 bits per heavy atom. The molecule has 4 aromatic carbocycles. The number of hydrogen-bond acceptors (Lipinski definition) is 33. The van der Waals surface area contributed by atoms with Gasteiger partial charge in [0.2, 0.25) is 41.2 Å². The number of nitrogens with zero attached hydrogens (tertiary/aromatic N) is 1. The van der Waals surface area contributed by atoms with Crippen LogP contribution in [0.4, 0.5) is 4.79 Å². The average molecular weight is 2050 g/mol. The van der Waals surface area contributed by atoms with Crippen LogP contribution >= 0.6 is 11.8 Å². The average Bonchev–Trinajstić information content (AvgIpc) is 0.707. The van der Waals surface area contributed by atoms with Crippen LogP contribution in [0.1, 0.15) is 207 Å². The number of aliphatic hydroxyl groups excluding tert-OH is 2. The maximum Gasteiger partial charge on any atom is 0.407 e. The van der Waals surface area contributed by atoms with E-state index in [-0.39, 0.29) is 187 Å². The van der Waals surface area contributed by atoms with Gasteiger partial charge < -0.3 is 127 Å². The van der Waals surface area contributed by atoms with Crippen molar-refractivity contribution in [2.75, 3.05) is 135 Å². The van der Waals surface area contributed by atoms with Gasteiger partial charge in [0.1, 0.15) is 29.5 Å². The number of alkyl carbamates (subject to hydrolysis) is 1. The number of methoxy groups -OCH3 is 1. The number of rotatable bonds is 61. The second kappa shape index (κ2) is 56.9. The topological polar surface area (TPSA) is 678 Å². The third kappa shape index (κ3) is 35.0. The summed E-state index contributed by atoms with van der Waals surface area (Å²) in [7, 11) is -2.40. The lowest BCUT2D eigenvalue weighted by Crippen LogP contribution is -2.53. The number of aromatic hydroxyl groups is 2. The molecule has 45 heteroatoms. The Balaban J connectivity index is 1.02. The SMILES string of the molecule is COc1cccc2c1C(=O)c1c(O)c3c(c(O)c1C2=O)CC(O)(/C(CO)=N/NC(=O)CCNC(=O)C(CC(CC(CC(C)C(=O)O)c1ccc2c(c1)CCc1ccc(C(CC(C)C(=O)O)CC(C)C(=O)O)cc1CC2)C(=O)O)CC(CC(C)C(=O)NCCOCCOCCNC(=O)OCCS(=O)(=O)CCSCC(NC(=O)CN)C(C)=O)C(=O)NCCOCCOCCNC(C)=O)CC3OC1CC(N)C(O)C(C)O1. The molecule has 1 saturated heterocycles. The number of aryl methyl sites for hydroxylation is 4. The van der Waals surface area contributed by atoms with E-state index in [1.54, 1.807) is 13.8 Å². The first-order chi connectivity index (χ1) is 67.9. The highest BCUT2D eigenvalue weighted by Gasteiger charge is 2.51. The Bertz CT molecular complexity index is 5240. The third-order valence-electron chi connectivity index (χ3n) is 26.0. The van der Waals surface area contributed by atoms with Crippen molar-refractivity contribution in [3.63, 3.8) is 0 Å². The highest BCUT2D eigenvalue weighted by Crippen LogP contribution is 2.53. The van der Waals surface area contributed by atoms with Crippen molar-refractivity contribution in [3.05, 3.63) is 121 Å². The summed E-state index contributed by atoms with van der Waals surface area (Å²) in [6.07, 6.45) is -7.20. The van der Waals surface area contributed by atoms with E-state index < -0.39 is 256 Å². The lowest BCUT2D eigenvalue weighted by Gasteiger charge is -2.43. The number of nitrogens with one attached hydrogen (secondary N) is 7. The molecule has 20 N–H and O–H groups in total. The van der Waals surface area contributed by atoms with Crippen molar-refractivity contribution in [1.29, 1.82) is 0 Å². The van der Waals surface area contributed by atoms with Crippen LogP contribution in [0, 0.1) is 41.4 Å². The van der Waals surface area contributed by atoms with Crippen LogP contribution in [0.5, 0.6) is 17.2 Å². The molecule has 0 bridgehead atoms. The molecule has 1 heterocycles. The van der Waals surface area contributed by atoms with E-state index in [1.807, 2.05) is 36.4 Å². The van der Waals surface area contributed by atoms with Gasteiger partial charge in [-0.1, -0.05) is 76.2 Å². The highest BCUT2D eigenvalue weighted by atomic mass is 32.2. The van der Waals surface area contributed by atoms with E-state index in [0.29, 0.717) is 31.2 Å². The number of ketones is 3. The van der Waals surface area contributed by atoms with Gasteiger partial charge in [-0.3, -0.25) is 62.3 Å². The molecule has 4 aromatic rings. The van der Waals surface area contributed by atoms with Gasteiger partial charge in [0.05, 0.1) is 155 Å². The minimum atomic E-state index is -3.66. The molecular weight excluding hydrogens is 1910 g/mol. The number of aliphatic carboxylic acids is 4. The summed E-state index contributed by atoms with van der Waals surface area (Å²) in [5, 5.41) is 121. The normalized spacial score (nSPS) is 19.3. The van der Waals surface area contributed by atoms with Crippen LogP contribution in [-0.4, -0.2) is 314 Å². The number of carboxylic acid groups (broad SMARTS) is 4. The zero-order chi connectivity index (χ0) is 105. The molecule has 1 aliphatic heterocycles. The molecule has 0 saturated carbocycles. The van der Waals surface area contributed by atoms with Gasteiger partial charge >= 0.3 is 30.0 Å². The minimum absolute atomic E-state index is 0.00985. The number of Topliss-reactive ketones (excluding diaryl/α,β-unsaturated/α-hetero) is 1. The van der Waals surface area contributed by atoms with Crippen molar-refractivity contribution in [3.8, 4) is 17.2 Å². The lowest BCUT2D eigenvalue weighted by atomic mass is 9.71. The minimum Gasteiger partial charge on any atom is -0.507 e. The number of carbonyl (C=O) groups is 14. The number of sulfone groups is 1. The molecule has 0 aromatic heterocycles. The van der Waals surface area contributed by atoms with Crippen molar-refractivity contribution in [2.24, 2.45) is 58.0 Å². The van der Waals surface area contributed by atoms with Crippen LogP contribution < -0.4 is 53.5 Å². The fraction of sp³-hybridized carbons (Fsp3) is 0.602. The number of amides is 7. The van der Waals surface area contributed by atoms with E-state index in [4.69, 9.17) is 49.4 Å². The summed E-state index contributed by atoms with van der Waals surface area (Å²) in [5.74, 6) is -21.8. The second-order valence-corrected chi connectivity index (χ2v) is 40.2. The van der Waals surface area contributed by atoms with Gasteiger partial charge in [-0.15, -0.1) is 0 Å². The number of phenolic OH excluding ortho intramolecular Hbond substituents is 2. The number of thioether (sulfide) groups is 1. The predicted molar refractivity (Wildman–Crippen MR) is 518 cm³/mol. The van der Waals surface area contributed by atoms with Crippen LogP contribution in [0.15, 0.2) is 59.7 Å². The molecule has 790 valence electrons. The Kier molecular flexibility index (Phi) is 46.6. The number of fused-ring (bicyclic) bond motifs is 5. The molecular formula is C98H138N10O33S2. The summed E-state index contributed by atoms with van der Waals surface area (Å²) in [6.45, 7) is 8.20. The quantitative estimate of drug-likeness (QED) is 0.0115. The van der Waals surface area contributed by atoms with Crippen molar-refractivity contribution in [1.82, 2.24) is 37.3 Å². The maximum absolute atomic E-state index is 15.3. The highest BCUT2D eigenvalue weighted by molar-refractivity contribution is 8.00. The monoisotopic (exact) mass is 2050 g/mol. The van der Waals surface area contributed by atoms with Crippen molar-refractivity contribution < 1.29 is 159 Å². The zero-order valence-electron chi connectivity index (χ0n) is 81.8. The maximum atomic E-state index is 15.3. The van der Waals surface area contributed by atoms with Crippen molar-refractivity contribution in [2.45, 2.75) is 199 Å². The van der Waals surface area contributed by atoms with E-state index in [9.17, 15) is 117 Å². The largest absolute Gasteiger partial charge is 0.507 e. The van der Waals surface area contributed by atoms with E-state index in [1.165, 1.54) is 59.9 Å². The Morgan fingerprint density at radius 1 is 0.594 bits per heavy atom. The summed E-state index contributed by atoms with van der Waals surface area (Å²) < 4.78 is 70.4. The standard InChI is InChI=1S/C98H138N10O33S2/c1-53(90(119)103-23-27-136-32-33-138-29-25-105-97(130)139-34-36-143(132,133)37-35-142-52-74(57(5)110)106-79(113)50-99)38-68(91(120)104-24-28-137-31-30-135-26-22-101-59(7)111)45-69(46-70(96(128)129)44-67(41-56(4)95(126)127)65-19-15-61-12-16-62-42-64(18-14-60(62)13-17-63(61)43-65)66(39-54(2)93(122)123)40-55(3)94(124)125)92(121)102-21-20-78(112)108-107-77(51-109)98(131)48-72-82(76(49-98)141-80-47-73(100)85(114)58(6)140-80)89(118)84-83(87(72)116)86(115)71-10-9-11-75(134-8)81(71)88(84)117/h9-11,14-15,18-19,42-43,53-56,58,66-70,73-74,76,80,85,109,114,116,118,131H,12-13,16-17,20-41,44-52,99-100H2,1-8H3,(H,101,111)(H,102,121)(H,103,119)(H,104,120)(H,105,130)(H,106,113)(H,108,112)(H,122,123)(H,124,125)(H,126,127)(H,128,129)/b107-77+. The van der Waals surface area contributed by atoms with Gasteiger partial charge in [-0.05, 0) is 136 Å². The molecule has 143 heavy (non-hydrogen) atoms. The van der Waals surface area contributed by atoms with E-state index in [0.717, 1.165) is 39.6 Å². The molecule has 4 aliphatic rings. The third-order valence-corrected chi connectivity index (χ3v) is 29.0. The van der Waals surface area contributed by atoms with Gasteiger partial charge in [0, 0.05) is 117 Å². The molecule has 43 nitrogen and oxygen atoms in total. The van der Waals surface area contributed by atoms with Crippen LogP contribution in [0.2, 0.25) is 0 Å².